The zero-order valence-electron chi connectivity index (χ0n) is 20.8. The first kappa shape index (κ1) is 24.1. The number of hydrogen-bond acceptors (Lipinski definition) is 5. The lowest BCUT2D eigenvalue weighted by Gasteiger charge is -2.34. The minimum atomic E-state index is -2.08. The number of carbonyl (C=O) groups is 4. The van der Waals surface area contributed by atoms with Crippen LogP contribution in [0.3, 0.4) is 0 Å². The van der Waals surface area contributed by atoms with Gasteiger partial charge in [0.2, 0.25) is 17.2 Å². The van der Waals surface area contributed by atoms with Gasteiger partial charge < -0.3 is 4.74 Å². The number of aryl methyl sites for hydroxylation is 1. The van der Waals surface area contributed by atoms with Crippen LogP contribution >= 0.6 is 15.9 Å². The van der Waals surface area contributed by atoms with Crippen LogP contribution in [0.15, 0.2) is 102 Å². The third-order valence-electron chi connectivity index (χ3n) is 8.39. The van der Waals surface area contributed by atoms with Gasteiger partial charge in [0.05, 0.1) is 5.92 Å². The molecule has 1 heterocycles. The summed E-state index contributed by atoms with van der Waals surface area (Å²) in [5.41, 5.74) is -0.963. The maximum Gasteiger partial charge on any atom is 0.204 e. The van der Waals surface area contributed by atoms with Crippen LogP contribution in [0.4, 0.5) is 0 Å². The molecule has 1 saturated heterocycles. The van der Waals surface area contributed by atoms with Gasteiger partial charge in [0, 0.05) is 26.7 Å². The van der Waals surface area contributed by atoms with E-state index in [2.05, 4.69) is 15.9 Å². The van der Waals surface area contributed by atoms with E-state index in [1.165, 1.54) is 0 Å². The number of rotatable bonds is 2. The molecule has 4 aromatic carbocycles. The zero-order chi connectivity index (χ0) is 27.1. The Labute approximate surface area is 232 Å². The maximum absolute atomic E-state index is 14.6. The molecular formula is C33H21BrO5. The van der Waals surface area contributed by atoms with Crippen molar-refractivity contribution in [1.29, 1.82) is 0 Å². The molecule has 2 atom stereocenters. The van der Waals surface area contributed by atoms with Gasteiger partial charge in [0.1, 0.15) is 11.5 Å². The summed E-state index contributed by atoms with van der Waals surface area (Å²) in [6.07, 6.45) is -1.18. The number of carbonyl (C=O) groups excluding carboxylic acids is 4. The van der Waals surface area contributed by atoms with E-state index in [0.717, 1.165) is 10.0 Å². The van der Waals surface area contributed by atoms with Crippen molar-refractivity contribution in [2.45, 2.75) is 24.5 Å². The molecular weight excluding hydrogens is 556 g/mol. The normalized spacial score (nSPS) is 22.1. The van der Waals surface area contributed by atoms with E-state index in [1.54, 1.807) is 78.9 Å². The van der Waals surface area contributed by atoms with Gasteiger partial charge in [-0.2, -0.15) is 0 Å². The third-order valence-corrected chi connectivity index (χ3v) is 8.91. The van der Waals surface area contributed by atoms with Crippen molar-refractivity contribution in [2.75, 3.05) is 0 Å². The molecule has 0 saturated carbocycles. The highest BCUT2D eigenvalue weighted by Gasteiger charge is 2.79. The summed E-state index contributed by atoms with van der Waals surface area (Å²) in [5, 5.41) is 0. The summed E-state index contributed by atoms with van der Waals surface area (Å²) >= 11 is 3.45. The molecule has 1 aliphatic heterocycles. The second kappa shape index (κ2) is 8.25. The molecule has 2 aliphatic carbocycles. The van der Waals surface area contributed by atoms with Crippen molar-refractivity contribution in [3.63, 3.8) is 0 Å². The molecule has 2 spiro atoms. The van der Waals surface area contributed by atoms with E-state index in [1.807, 2.05) is 25.1 Å². The van der Waals surface area contributed by atoms with E-state index in [0.29, 0.717) is 11.1 Å². The topological polar surface area (TPSA) is 77.5 Å². The summed E-state index contributed by atoms with van der Waals surface area (Å²) in [5.74, 6) is -3.10. The van der Waals surface area contributed by atoms with Crippen LogP contribution in [0.2, 0.25) is 0 Å². The van der Waals surface area contributed by atoms with Gasteiger partial charge in [-0.1, -0.05) is 106 Å². The third kappa shape index (κ3) is 2.93. The summed E-state index contributed by atoms with van der Waals surface area (Å²) in [6, 6.07) is 27.8. The lowest BCUT2D eigenvalue weighted by molar-refractivity contribution is -0.0210. The van der Waals surface area contributed by atoms with E-state index in [-0.39, 0.29) is 22.3 Å². The van der Waals surface area contributed by atoms with Crippen molar-refractivity contribution < 1.29 is 23.9 Å². The molecule has 7 rings (SSSR count). The van der Waals surface area contributed by atoms with Crippen LogP contribution < -0.4 is 0 Å². The Hall–Kier alpha value is -4.00. The highest BCUT2D eigenvalue weighted by Crippen LogP contribution is 2.67. The molecule has 5 nitrogen and oxygen atoms in total. The maximum atomic E-state index is 14.6. The lowest BCUT2D eigenvalue weighted by Crippen LogP contribution is -2.51. The first-order valence-corrected chi connectivity index (χ1v) is 13.5. The molecule has 0 amide bonds. The van der Waals surface area contributed by atoms with Crippen LogP contribution in [0.1, 0.15) is 70.1 Å². The van der Waals surface area contributed by atoms with Crippen molar-refractivity contribution in [3.8, 4) is 0 Å². The molecule has 6 heteroatoms. The summed E-state index contributed by atoms with van der Waals surface area (Å²) in [4.78, 5) is 58.1. The molecule has 1 fully saturated rings. The highest BCUT2D eigenvalue weighted by molar-refractivity contribution is 9.10. The fraction of sp³-hybridized carbons (Fsp3) is 0.152. The first-order chi connectivity index (χ1) is 18.8. The van der Waals surface area contributed by atoms with Crippen LogP contribution in [-0.2, 0) is 4.74 Å². The van der Waals surface area contributed by atoms with Crippen molar-refractivity contribution in [2.24, 2.45) is 5.41 Å². The van der Waals surface area contributed by atoms with E-state index >= 15 is 0 Å². The van der Waals surface area contributed by atoms with Gasteiger partial charge in [0.25, 0.3) is 0 Å². The van der Waals surface area contributed by atoms with Gasteiger partial charge in [0.15, 0.2) is 11.6 Å². The minimum Gasteiger partial charge on any atom is -0.348 e. The second-order valence-corrected chi connectivity index (χ2v) is 11.3. The molecule has 0 N–H and O–H groups in total. The van der Waals surface area contributed by atoms with E-state index < -0.39 is 46.2 Å². The van der Waals surface area contributed by atoms with Gasteiger partial charge in [-0.05, 0) is 30.2 Å². The number of ether oxygens (including phenoxy) is 1. The molecule has 190 valence electrons. The van der Waals surface area contributed by atoms with Gasteiger partial charge >= 0.3 is 0 Å². The number of ketones is 4. The number of halogens is 1. The molecule has 0 bridgehead atoms. The summed E-state index contributed by atoms with van der Waals surface area (Å²) in [7, 11) is 0. The predicted molar refractivity (Wildman–Crippen MR) is 147 cm³/mol. The van der Waals surface area contributed by atoms with E-state index in [4.69, 9.17) is 4.74 Å². The largest absolute Gasteiger partial charge is 0.348 e. The lowest BCUT2D eigenvalue weighted by atomic mass is 9.59. The Morgan fingerprint density at radius 3 is 1.64 bits per heavy atom. The van der Waals surface area contributed by atoms with E-state index in [9.17, 15) is 19.2 Å². The fourth-order valence-electron chi connectivity index (χ4n) is 6.81. The monoisotopic (exact) mass is 576 g/mol. The number of hydrogen-bond donors (Lipinski definition) is 0. The quantitative estimate of drug-likeness (QED) is 0.255. The first-order valence-electron chi connectivity index (χ1n) is 12.7. The number of fused-ring (bicyclic) bond motifs is 2. The SMILES string of the molecule is Cc1cccc(C2C3(OC(c4ccc(Br)cc4)C24C(=O)c2ccccc2C4=O)C(=O)c2ccccc2C3=O)c1. The molecule has 39 heavy (non-hydrogen) atoms. The molecule has 4 aromatic rings. The van der Waals surface area contributed by atoms with Crippen molar-refractivity contribution in [1.82, 2.24) is 0 Å². The van der Waals surface area contributed by atoms with Crippen LogP contribution in [0, 0.1) is 12.3 Å². The molecule has 3 aliphatic rings. The second-order valence-electron chi connectivity index (χ2n) is 10.4. The Morgan fingerprint density at radius 1 is 0.615 bits per heavy atom. The van der Waals surface area contributed by atoms with Crippen LogP contribution in [0.25, 0.3) is 0 Å². The average molecular weight is 577 g/mol. The fourth-order valence-corrected chi connectivity index (χ4v) is 7.08. The molecule has 0 radical (unpaired) electrons. The Kier molecular flexibility index (Phi) is 5.09. The Bertz CT molecular complexity index is 1680. The average Bonchev–Trinajstić information content (AvgIpc) is 3.47. The van der Waals surface area contributed by atoms with Crippen LogP contribution in [0.5, 0.6) is 0 Å². The van der Waals surface area contributed by atoms with Gasteiger partial charge in [-0.15, -0.1) is 0 Å². The number of Topliss-reactive ketones (excluding diaryl/α,β-unsaturated/α-hetero) is 4. The van der Waals surface area contributed by atoms with Gasteiger partial charge in [-0.3, -0.25) is 19.2 Å². The summed E-state index contributed by atoms with van der Waals surface area (Å²) < 4.78 is 7.51. The van der Waals surface area contributed by atoms with Crippen molar-refractivity contribution >= 4 is 39.1 Å². The Morgan fingerprint density at radius 2 is 1.13 bits per heavy atom. The minimum absolute atomic E-state index is 0.238. The van der Waals surface area contributed by atoms with Crippen LogP contribution in [-0.4, -0.2) is 28.7 Å². The number of benzene rings is 4. The Balaban J connectivity index is 1.60. The predicted octanol–water partition coefficient (Wildman–Crippen LogP) is 6.50. The smallest absolute Gasteiger partial charge is 0.204 e. The molecule has 2 unspecified atom stereocenters. The highest BCUT2D eigenvalue weighted by atomic mass is 79.9. The van der Waals surface area contributed by atoms with Gasteiger partial charge in [-0.25, -0.2) is 0 Å². The standard InChI is InChI=1S/C33H21BrO5/c1-18-7-6-8-20(17-18)26-32(27(35)22-9-2-3-10-23(22)28(32)36)31(19-13-15-21(34)16-14-19)39-33(26)29(37)24-11-4-5-12-25(24)30(33)38/h2-17,26,31H,1H3. The summed E-state index contributed by atoms with van der Waals surface area (Å²) in [6.45, 7) is 1.89. The molecule has 0 aromatic heterocycles. The zero-order valence-corrected chi connectivity index (χ0v) is 22.4. The van der Waals surface area contributed by atoms with Crippen molar-refractivity contribution in [3.05, 3.63) is 140 Å².